The molecule has 0 radical (unpaired) electrons. The number of aromatic hydroxyl groups is 1. The van der Waals surface area contributed by atoms with Crippen LogP contribution in [0.1, 0.15) is 31.2 Å². The van der Waals surface area contributed by atoms with Crippen LogP contribution in [0.25, 0.3) is 0 Å². The third-order valence-electron chi connectivity index (χ3n) is 3.73. The van der Waals surface area contributed by atoms with E-state index < -0.39 is 12.0 Å². The van der Waals surface area contributed by atoms with E-state index in [2.05, 4.69) is 4.98 Å². The minimum Gasteiger partial charge on any atom is -0.506 e. The molecule has 2 unspecified atom stereocenters. The van der Waals surface area contributed by atoms with Crippen molar-refractivity contribution in [3.05, 3.63) is 23.5 Å². The summed E-state index contributed by atoms with van der Waals surface area (Å²) in [5.74, 6) is -0.537. The summed E-state index contributed by atoms with van der Waals surface area (Å²) in [7, 11) is 0. The predicted molar refractivity (Wildman–Crippen MR) is 70.9 cm³/mol. The van der Waals surface area contributed by atoms with Gasteiger partial charge in [-0.3, -0.25) is 14.7 Å². The average Bonchev–Trinajstić information content (AvgIpc) is 2.33. The van der Waals surface area contributed by atoms with Crippen LogP contribution in [0.15, 0.2) is 12.1 Å². The summed E-state index contributed by atoms with van der Waals surface area (Å²) < 4.78 is 0. The Bertz CT molecular complexity index is 476. The fourth-order valence-electron chi connectivity index (χ4n) is 2.76. The van der Waals surface area contributed by atoms with Crippen molar-refractivity contribution >= 4 is 5.97 Å². The molecule has 1 saturated heterocycles. The highest BCUT2D eigenvalue weighted by Crippen LogP contribution is 2.26. The third-order valence-corrected chi connectivity index (χ3v) is 3.73. The van der Waals surface area contributed by atoms with Crippen molar-refractivity contribution in [1.82, 2.24) is 9.88 Å². The molecule has 0 aromatic carbocycles. The van der Waals surface area contributed by atoms with Crippen LogP contribution in [-0.4, -0.2) is 38.7 Å². The van der Waals surface area contributed by atoms with E-state index in [1.165, 1.54) is 0 Å². The first kappa shape index (κ1) is 13.8. The first-order chi connectivity index (χ1) is 8.99. The second kappa shape index (κ2) is 5.57. The molecule has 1 aliphatic heterocycles. The molecular formula is C14H20N2O3. The van der Waals surface area contributed by atoms with Gasteiger partial charge in [-0.25, -0.2) is 0 Å². The second-order valence-electron chi connectivity index (χ2n) is 5.29. The number of aryl methyl sites for hydroxylation is 1. The summed E-state index contributed by atoms with van der Waals surface area (Å²) in [6.07, 6.45) is 1.91. The summed E-state index contributed by atoms with van der Waals surface area (Å²) in [4.78, 5) is 17.6. The molecule has 1 aromatic rings. The van der Waals surface area contributed by atoms with Gasteiger partial charge in [0.15, 0.2) is 0 Å². The first-order valence-corrected chi connectivity index (χ1v) is 6.61. The van der Waals surface area contributed by atoms with E-state index in [-0.39, 0.29) is 11.7 Å². The van der Waals surface area contributed by atoms with Gasteiger partial charge in [0.1, 0.15) is 11.8 Å². The highest BCUT2D eigenvalue weighted by molar-refractivity contribution is 5.74. The van der Waals surface area contributed by atoms with Crippen LogP contribution in [0, 0.1) is 12.8 Å². The summed E-state index contributed by atoms with van der Waals surface area (Å²) >= 11 is 0. The molecule has 1 aliphatic rings. The van der Waals surface area contributed by atoms with Crippen molar-refractivity contribution < 1.29 is 15.0 Å². The molecule has 5 nitrogen and oxygen atoms in total. The number of aliphatic carboxylic acids is 1. The molecule has 0 amide bonds. The Morgan fingerprint density at radius 3 is 2.95 bits per heavy atom. The molecule has 1 fully saturated rings. The van der Waals surface area contributed by atoms with E-state index in [1.54, 1.807) is 12.1 Å². The molecule has 19 heavy (non-hydrogen) atoms. The molecule has 104 valence electrons. The summed E-state index contributed by atoms with van der Waals surface area (Å²) in [5.41, 5.74) is 1.38. The molecule has 5 heteroatoms. The number of carbonyl (C=O) groups is 1. The van der Waals surface area contributed by atoms with E-state index in [0.29, 0.717) is 12.2 Å². The summed E-state index contributed by atoms with van der Waals surface area (Å²) in [6, 6.07) is 2.86. The van der Waals surface area contributed by atoms with Gasteiger partial charge >= 0.3 is 5.97 Å². The van der Waals surface area contributed by atoms with Crippen molar-refractivity contribution in [2.75, 3.05) is 6.54 Å². The zero-order valence-electron chi connectivity index (χ0n) is 11.3. The van der Waals surface area contributed by atoms with Gasteiger partial charge in [-0.05, 0) is 44.4 Å². The first-order valence-electron chi connectivity index (χ1n) is 6.61. The molecule has 0 spiro atoms. The molecule has 0 aliphatic carbocycles. The van der Waals surface area contributed by atoms with Crippen molar-refractivity contribution in [2.24, 2.45) is 5.92 Å². The Morgan fingerprint density at radius 2 is 2.26 bits per heavy atom. The zero-order valence-corrected chi connectivity index (χ0v) is 11.3. The number of piperidine rings is 1. The topological polar surface area (TPSA) is 73.7 Å². The van der Waals surface area contributed by atoms with Crippen LogP contribution in [0.2, 0.25) is 0 Å². The maximum atomic E-state index is 11.4. The minimum absolute atomic E-state index is 0.123. The fraction of sp³-hybridized carbons (Fsp3) is 0.571. The van der Waals surface area contributed by atoms with Gasteiger partial charge < -0.3 is 10.2 Å². The Hall–Kier alpha value is -1.62. The third kappa shape index (κ3) is 3.04. The number of hydrogen-bond acceptors (Lipinski definition) is 4. The number of aromatic nitrogens is 1. The van der Waals surface area contributed by atoms with E-state index in [0.717, 1.165) is 25.1 Å². The normalized spacial score (nSPS) is 24.3. The molecule has 2 heterocycles. The van der Waals surface area contributed by atoms with Crippen molar-refractivity contribution in [3.8, 4) is 5.75 Å². The van der Waals surface area contributed by atoms with Gasteiger partial charge in [0, 0.05) is 12.2 Å². The lowest BCUT2D eigenvalue weighted by atomic mass is 9.90. The molecule has 2 N–H and O–H groups in total. The van der Waals surface area contributed by atoms with E-state index >= 15 is 0 Å². The number of nitrogens with zero attached hydrogens (tertiary/aromatic N) is 2. The van der Waals surface area contributed by atoms with Gasteiger partial charge in [-0.2, -0.15) is 0 Å². The number of carboxylic acid groups (broad SMARTS) is 1. The Morgan fingerprint density at radius 1 is 1.53 bits per heavy atom. The maximum absolute atomic E-state index is 11.4. The molecule has 2 rings (SSSR count). The molecule has 2 atom stereocenters. The number of likely N-dealkylation sites (tertiary alicyclic amines) is 1. The van der Waals surface area contributed by atoms with E-state index in [1.807, 2.05) is 18.7 Å². The quantitative estimate of drug-likeness (QED) is 0.870. The summed E-state index contributed by atoms with van der Waals surface area (Å²) in [6.45, 7) is 4.94. The highest BCUT2D eigenvalue weighted by atomic mass is 16.4. The van der Waals surface area contributed by atoms with Crippen molar-refractivity contribution in [2.45, 2.75) is 39.3 Å². The van der Waals surface area contributed by atoms with Crippen LogP contribution < -0.4 is 0 Å². The Labute approximate surface area is 112 Å². The smallest absolute Gasteiger partial charge is 0.321 e. The highest BCUT2D eigenvalue weighted by Gasteiger charge is 2.34. The van der Waals surface area contributed by atoms with Gasteiger partial charge in [-0.1, -0.05) is 6.92 Å². The molecular weight excluding hydrogens is 244 g/mol. The zero-order chi connectivity index (χ0) is 14.0. The number of hydrogen-bond donors (Lipinski definition) is 2. The van der Waals surface area contributed by atoms with Gasteiger partial charge in [-0.15, -0.1) is 0 Å². The largest absolute Gasteiger partial charge is 0.506 e. The standard InChI is InChI=1S/C14H20N2O3/c1-9-4-3-7-16(13(9)14(18)19)8-11-12(17)6-5-10(2)15-11/h5-6,9,13,17H,3-4,7-8H2,1-2H3,(H,18,19). The Kier molecular flexibility index (Phi) is 4.04. The van der Waals surface area contributed by atoms with Crippen LogP contribution in [-0.2, 0) is 11.3 Å². The lowest BCUT2D eigenvalue weighted by Crippen LogP contribution is -2.48. The Balaban J connectivity index is 2.20. The lowest BCUT2D eigenvalue weighted by Gasteiger charge is -2.37. The van der Waals surface area contributed by atoms with Crippen molar-refractivity contribution in [3.63, 3.8) is 0 Å². The van der Waals surface area contributed by atoms with E-state index in [9.17, 15) is 15.0 Å². The monoisotopic (exact) mass is 264 g/mol. The number of rotatable bonds is 3. The number of pyridine rings is 1. The number of carboxylic acids is 1. The minimum atomic E-state index is -0.792. The van der Waals surface area contributed by atoms with Crippen molar-refractivity contribution in [1.29, 1.82) is 0 Å². The van der Waals surface area contributed by atoms with Gasteiger partial charge in [0.05, 0.1) is 5.69 Å². The van der Waals surface area contributed by atoms with Crippen LogP contribution in [0.3, 0.4) is 0 Å². The van der Waals surface area contributed by atoms with Crippen LogP contribution >= 0.6 is 0 Å². The lowest BCUT2D eigenvalue weighted by molar-refractivity contribution is -0.147. The van der Waals surface area contributed by atoms with Crippen LogP contribution in [0.4, 0.5) is 0 Å². The second-order valence-corrected chi connectivity index (χ2v) is 5.29. The molecule has 1 aromatic heterocycles. The summed E-state index contributed by atoms with van der Waals surface area (Å²) in [5, 5.41) is 19.2. The average molecular weight is 264 g/mol. The predicted octanol–water partition coefficient (Wildman–Crippen LogP) is 1.78. The maximum Gasteiger partial charge on any atom is 0.321 e. The molecule has 0 saturated carbocycles. The molecule has 0 bridgehead atoms. The van der Waals surface area contributed by atoms with Crippen LogP contribution in [0.5, 0.6) is 5.75 Å². The van der Waals surface area contributed by atoms with E-state index in [4.69, 9.17) is 0 Å². The van der Waals surface area contributed by atoms with Gasteiger partial charge in [0.25, 0.3) is 0 Å². The van der Waals surface area contributed by atoms with Gasteiger partial charge in [0.2, 0.25) is 0 Å². The SMILES string of the molecule is Cc1ccc(O)c(CN2CCCC(C)C2C(=O)O)n1. The fourth-order valence-corrected chi connectivity index (χ4v) is 2.76.